The van der Waals surface area contributed by atoms with Crippen LogP contribution in [0, 0.1) is 69.0 Å². The summed E-state index contributed by atoms with van der Waals surface area (Å²) in [5.41, 5.74) is 12.0. The van der Waals surface area contributed by atoms with E-state index in [1.54, 1.807) is 26.9 Å². The van der Waals surface area contributed by atoms with E-state index in [0.29, 0.717) is 70.6 Å². The Labute approximate surface area is 501 Å². The Bertz CT molecular complexity index is 3280. The molecule has 4 aromatic rings. The van der Waals surface area contributed by atoms with Crippen LogP contribution in [0.5, 0.6) is 23.0 Å². The lowest BCUT2D eigenvalue weighted by atomic mass is 9.55. The summed E-state index contributed by atoms with van der Waals surface area (Å²) in [5.74, 6) is 13.2. The number of Topliss-reactive ketones (excluding diaryl/α,β-unsaturated/α-hetero) is 1. The van der Waals surface area contributed by atoms with Crippen molar-refractivity contribution in [3.8, 4) is 23.0 Å². The van der Waals surface area contributed by atoms with Crippen molar-refractivity contribution in [2.75, 3.05) is 28.4 Å². The first-order valence-corrected chi connectivity index (χ1v) is 32.7. The number of carbonyl (C=O) groups is 2. The molecule has 17 atom stereocenters. The molecule has 2 N–H and O–H groups in total. The number of benzene rings is 4. The van der Waals surface area contributed by atoms with Gasteiger partial charge in [0, 0.05) is 28.1 Å². The fraction of sp³-hybridized carbons (Fsp3) is 0.579. The lowest BCUT2D eigenvalue weighted by Crippen LogP contribution is -2.44. The lowest BCUT2D eigenvalue weighted by Gasteiger charge is -2.50. The van der Waals surface area contributed by atoms with Crippen LogP contribution in [-0.2, 0) is 40.0 Å². The molecule has 5 fully saturated rings. The summed E-state index contributed by atoms with van der Waals surface area (Å²) in [7, 11) is 7.07. The van der Waals surface area contributed by atoms with Crippen LogP contribution in [0.15, 0.2) is 109 Å². The summed E-state index contributed by atoms with van der Waals surface area (Å²) >= 11 is 0. The molecule has 0 bridgehead atoms. The van der Waals surface area contributed by atoms with E-state index in [1.165, 1.54) is 102 Å². The van der Waals surface area contributed by atoms with E-state index in [4.69, 9.17) is 18.9 Å². The maximum Gasteiger partial charge on any atom is 0.161 e. The number of aromatic hydroxyl groups is 1. The molecule has 12 aliphatic carbocycles. The molecule has 4 aromatic carbocycles. The van der Waals surface area contributed by atoms with Gasteiger partial charge in [0.1, 0.15) is 28.8 Å². The molecule has 0 amide bonds. The first-order valence-electron chi connectivity index (χ1n) is 32.7. The standard InChI is InChI=1S/C20H26O2.C19H24O2.C19H22O2.C18H22O2/c1-20-11-10-16-15-7-5-14(21-2)12-13(15)4-6-17(16)18(20)8-9-19(20)22-3;2*1-19-10-9-15-14-6-4-13(21-2)11-12(14)3-5-16(15)17(19)7-8-18(19)20;1-18-9-8-14-13-5-3-12(19)10-11(13)2-4-15(14)16(18)6-7-17(18)20/h5,7,9,12,16-18H,4,6,8,10-11H2,1-3H3;4,6-8,11,15-18,20H,3,5,9-10H2,1-2H3;4,6-8,11,15-17H,3,5,9-10H2,1-2H3;3,5,10,14-16,19H,2,4,6-9H2,1H3/t16?,17?,18?,20-;15?,16?,17?,18-,19-;15?,16?,17?,19-;14?,15?,16?,18-/m0000/s1. The van der Waals surface area contributed by atoms with Gasteiger partial charge in [0.2, 0.25) is 0 Å². The predicted octanol–water partition coefficient (Wildman–Crippen LogP) is 16.1. The van der Waals surface area contributed by atoms with Gasteiger partial charge in [0.05, 0.1) is 40.3 Å². The molecule has 5 saturated carbocycles. The van der Waals surface area contributed by atoms with Crippen LogP contribution in [0.4, 0.5) is 0 Å². The van der Waals surface area contributed by atoms with E-state index in [9.17, 15) is 19.8 Å². The first kappa shape index (κ1) is 57.5. The fourth-order valence-corrected chi connectivity index (χ4v) is 20.9. The van der Waals surface area contributed by atoms with Crippen LogP contribution in [0.3, 0.4) is 0 Å². The highest BCUT2D eigenvalue weighted by molar-refractivity contribution is 5.97. The van der Waals surface area contributed by atoms with Gasteiger partial charge >= 0.3 is 0 Å². The van der Waals surface area contributed by atoms with Crippen molar-refractivity contribution in [2.45, 2.75) is 179 Å². The highest BCUT2D eigenvalue weighted by Crippen LogP contribution is 2.64. The molecular weight excluding hydrogens is 1040 g/mol. The van der Waals surface area contributed by atoms with Gasteiger partial charge in [0.25, 0.3) is 0 Å². The number of allylic oxidation sites excluding steroid dienone is 5. The Kier molecular flexibility index (Phi) is 15.2. The Hall–Kier alpha value is -5.60. The highest BCUT2D eigenvalue weighted by Gasteiger charge is 2.57. The van der Waals surface area contributed by atoms with Gasteiger partial charge in [-0.1, -0.05) is 70.2 Å². The molecule has 12 aliphatic rings. The number of fused-ring (bicyclic) bond motifs is 20. The number of hydrogen-bond acceptors (Lipinski definition) is 8. The molecule has 12 unspecified atom stereocenters. The normalized spacial score (nSPS) is 38.0. The largest absolute Gasteiger partial charge is 0.508 e. The monoisotopic (exact) mass is 1130 g/mol. The van der Waals surface area contributed by atoms with E-state index >= 15 is 0 Å². The van der Waals surface area contributed by atoms with Gasteiger partial charge in [-0.15, -0.1) is 0 Å². The van der Waals surface area contributed by atoms with Crippen LogP contribution in [-0.4, -0.2) is 56.3 Å². The fourth-order valence-electron chi connectivity index (χ4n) is 20.9. The maximum absolute atomic E-state index is 12.3. The minimum absolute atomic E-state index is 0.0322. The van der Waals surface area contributed by atoms with Gasteiger partial charge in [-0.3, -0.25) is 9.59 Å². The Morgan fingerprint density at radius 3 is 1.46 bits per heavy atom. The number of hydrogen-bond donors (Lipinski definition) is 2. The average molecular weight is 1140 g/mol. The molecular formula is C76H94O8. The number of phenols is 1. The zero-order chi connectivity index (χ0) is 58.5. The van der Waals surface area contributed by atoms with E-state index in [2.05, 4.69) is 107 Å². The van der Waals surface area contributed by atoms with Gasteiger partial charge < -0.3 is 29.2 Å². The van der Waals surface area contributed by atoms with Gasteiger partial charge in [-0.05, 0) is 292 Å². The zero-order valence-electron chi connectivity index (χ0n) is 51.6. The third-order valence-electron chi connectivity index (χ3n) is 25.7. The quantitative estimate of drug-likeness (QED) is 0.194. The molecule has 84 heavy (non-hydrogen) atoms. The molecule has 0 spiro atoms. The number of aliphatic hydroxyl groups excluding tert-OH is 1. The SMILES string of the molecule is COC1=CCC2C3CCc4cc(OC)ccc4C3CC[C@]12C.COc1ccc2c(c1)CCC1C2CC[C@@]2(C)C1C=C[C@@H]2O.COc1ccc2c(c1)CCC1C2CC[C@]2(C)C(=O)C=CC12.C[C@]12CCC3c4ccc(O)cc4CCC3C1CCC2=O. The Morgan fingerprint density at radius 1 is 0.452 bits per heavy atom. The second kappa shape index (κ2) is 22.3. The molecule has 0 radical (unpaired) electrons. The van der Waals surface area contributed by atoms with Crippen LogP contribution >= 0.6 is 0 Å². The third-order valence-corrected chi connectivity index (χ3v) is 25.7. The van der Waals surface area contributed by atoms with Gasteiger partial charge in [-0.25, -0.2) is 0 Å². The topological polar surface area (TPSA) is 112 Å². The number of phenolic OH excluding ortho intramolecular Hbond substituents is 1. The zero-order valence-corrected chi connectivity index (χ0v) is 51.6. The summed E-state index contributed by atoms with van der Waals surface area (Å²) < 4.78 is 21.8. The van der Waals surface area contributed by atoms with Crippen LogP contribution in [0.2, 0.25) is 0 Å². The molecule has 0 heterocycles. The molecule has 446 valence electrons. The molecule has 0 aliphatic heterocycles. The summed E-state index contributed by atoms with van der Waals surface area (Å²) in [5, 5.41) is 20.0. The molecule has 8 heteroatoms. The first-order chi connectivity index (χ1) is 40.5. The van der Waals surface area contributed by atoms with Gasteiger partial charge in [0.15, 0.2) is 5.78 Å². The second-order valence-corrected chi connectivity index (χ2v) is 29.0. The summed E-state index contributed by atoms with van der Waals surface area (Å²) in [6.45, 7) is 9.11. The van der Waals surface area contributed by atoms with Crippen molar-refractivity contribution in [2.24, 2.45) is 69.0 Å². The van der Waals surface area contributed by atoms with E-state index < -0.39 is 0 Å². The summed E-state index contributed by atoms with van der Waals surface area (Å²) in [6, 6.07) is 25.8. The highest BCUT2D eigenvalue weighted by atomic mass is 16.5. The number of ether oxygens (including phenoxy) is 4. The number of aryl methyl sites for hydroxylation is 4. The van der Waals surface area contributed by atoms with Crippen molar-refractivity contribution in [1.82, 2.24) is 0 Å². The van der Waals surface area contributed by atoms with E-state index in [-0.39, 0.29) is 27.8 Å². The van der Waals surface area contributed by atoms with E-state index in [1.807, 2.05) is 31.4 Å². The number of ketones is 2. The lowest BCUT2D eigenvalue weighted by molar-refractivity contribution is -0.129. The van der Waals surface area contributed by atoms with Crippen molar-refractivity contribution < 1.29 is 38.7 Å². The van der Waals surface area contributed by atoms with Crippen molar-refractivity contribution in [3.63, 3.8) is 0 Å². The van der Waals surface area contributed by atoms with Crippen LogP contribution in [0.1, 0.15) is 192 Å². The van der Waals surface area contributed by atoms with Crippen LogP contribution in [0.25, 0.3) is 0 Å². The minimum Gasteiger partial charge on any atom is -0.508 e. The summed E-state index contributed by atoms with van der Waals surface area (Å²) in [6.07, 6.45) is 32.3. The average Bonchev–Trinajstić information content (AvgIpc) is 1.87. The maximum atomic E-state index is 12.3. The van der Waals surface area contributed by atoms with Gasteiger partial charge in [-0.2, -0.15) is 0 Å². The Morgan fingerprint density at radius 2 is 0.917 bits per heavy atom. The minimum atomic E-state index is -0.249. The molecule has 0 aromatic heterocycles. The predicted molar refractivity (Wildman–Crippen MR) is 332 cm³/mol. The van der Waals surface area contributed by atoms with Crippen molar-refractivity contribution in [3.05, 3.63) is 153 Å². The van der Waals surface area contributed by atoms with E-state index in [0.717, 1.165) is 99.2 Å². The third kappa shape index (κ3) is 9.45. The number of aliphatic hydroxyl groups is 1. The number of rotatable bonds is 4. The second-order valence-electron chi connectivity index (χ2n) is 29.0. The molecule has 16 rings (SSSR count). The molecule has 8 nitrogen and oxygen atoms in total. The van der Waals surface area contributed by atoms with Crippen LogP contribution < -0.4 is 14.2 Å². The number of carbonyl (C=O) groups excluding carboxylic acids is 2. The number of methoxy groups -OCH3 is 4. The Balaban J connectivity index is 0.000000105. The smallest absolute Gasteiger partial charge is 0.161 e. The molecule has 0 saturated heterocycles. The summed E-state index contributed by atoms with van der Waals surface area (Å²) in [4.78, 5) is 24.5. The van der Waals surface area contributed by atoms with Crippen molar-refractivity contribution >= 4 is 11.6 Å². The van der Waals surface area contributed by atoms with Crippen molar-refractivity contribution in [1.29, 1.82) is 0 Å².